The maximum atomic E-state index is 11.5. The van der Waals surface area contributed by atoms with E-state index in [0.29, 0.717) is 6.54 Å². The van der Waals surface area contributed by atoms with E-state index in [0.717, 1.165) is 24.7 Å². The molecular formula is C16H23N3O. The lowest BCUT2D eigenvalue weighted by Crippen LogP contribution is -2.32. The average molecular weight is 273 g/mol. The van der Waals surface area contributed by atoms with Gasteiger partial charge in [-0.05, 0) is 43.0 Å². The van der Waals surface area contributed by atoms with E-state index in [-0.39, 0.29) is 6.03 Å². The lowest BCUT2D eigenvalue weighted by atomic mass is 9.99. The van der Waals surface area contributed by atoms with E-state index in [1.165, 1.54) is 18.5 Å². The summed E-state index contributed by atoms with van der Waals surface area (Å²) in [4.78, 5) is 13.9. The van der Waals surface area contributed by atoms with Gasteiger partial charge in [-0.3, -0.25) is 0 Å². The van der Waals surface area contributed by atoms with Crippen LogP contribution in [0.5, 0.6) is 0 Å². The first-order valence-electron chi connectivity index (χ1n) is 7.20. The van der Waals surface area contributed by atoms with Crippen LogP contribution in [0.15, 0.2) is 36.9 Å². The van der Waals surface area contributed by atoms with Crippen molar-refractivity contribution in [2.75, 3.05) is 29.9 Å². The zero-order valence-corrected chi connectivity index (χ0v) is 12.1. The summed E-state index contributed by atoms with van der Waals surface area (Å²) in [5, 5.41) is 5.48. The molecule has 108 valence electrons. The number of amides is 2. The van der Waals surface area contributed by atoms with E-state index in [1.54, 1.807) is 6.08 Å². The van der Waals surface area contributed by atoms with Crippen LogP contribution in [0.25, 0.3) is 0 Å². The van der Waals surface area contributed by atoms with Crippen molar-refractivity contribution >= 4 is 17.4 Å². The molecule has 0 aliphatic carbocycles. The second-order valence-corrected chi connectivity index (χ2v) is 5.34. The van der Waals surface area contributed by atoms with Crippen LogP contribution in [0, 0.1) is 5.92 Å². The number of benzene rings is 1. The van der Waals surface area contributed by atoms with Crippen molar-refractivity contribution < 1.29 is 4.79 Å². The molecule has 20 heavy (non-hydrogen) atoms. The van der Waals surface area contributed by atoms with Crippen molar-refractivity contribution in [3.8, 4) is 0 Å². The predicted octanol–water partition coefficient (Wildman–Crippen LogP) is 3.23. The highest BCUT2D eigenvalue weighted by molar-refractivity contribution is 5.89. The number of hydrogen-bond donors (Lipinski definition) is 2. The molecule has 0 saturated carbocycles. The molecule has 0 bridgehead atoms. The summed E-state index contributed by atoms with van der Waals surface area (Å²) in [6.45, 7) is 8.58. The first-order chi connectivity index (χ1) is 9.69. The Labute approximate surface area is 120 Å². The zero-order valence-electron chi connectivity index (χ0n) is 12.1. The minimum atomic E-state index is -0.204. The molecule has 4 nitrogen and oxygen atoms in total. The molecule has 1 aromatic carbocycles. The van der Waals surface area contributed by atoms with Gasteiger partial charge in [-0.25, -0.2) is 4.79 Å². The lowest BCUT2D eigenvalue weighted by Gasteiger charge is -2.32. The number of nitrogens with one attached hydrogen (secondary N) is 2. The minimum absolute atomic E-state index is 0.204. The van der Waals surface area contributed by atoms with Gasteiger partial charge in [-0.15, -0.1) is 6.58 Å². The van der Waals surface area contributed by atoms with Crippen LogP contribution in [0.1, 0.15) is 19.8 Å². The average Bonchev–Trinajstić information content (AvgIpc) is 2.47. The minimum Gasteiger partial charge on any atom is -0.372 e. The van der Waals surface area contributed by atoms with Gasteiger partial charge in [0.15, 0.2) is 0 Å². The van der Waals surface area contributed by atoms with Crippen LogP contribution in [-0.2, 0) is 0 Å². The fourth-order valence-corrected chi connectivity index (χ4v) is 2.36. The van der Waals surface area contributed by atoms with E-state index in [2.05, 4.69) is 41.2 Å². The molecule has 1 aliphatic rings. The van der Waals surface area contributed by atoms with Crippen molar-refractivity contribution in [1.82, 2.24) is 5.32 Å². The largest absolute Gasteiger partial charge is 0.372 e. The number of anilines is 2. The highest BCUT2D eigenvalue weighted by Crippen LogP contribution is 2.24. The van der Waals surface area contributed by atoms with Crippen LogP contribution in [-0.4, -0.2) is 25.7 Å². The number of rotatable bonds is 4. The fraction of sp³-hybridized carbons (Fsp3) is 0.438. The topological polar surface area (TPSA) is 44.4 Å². The molecule has 1 aromatic rings. The Hall–Kier alpha value is -1.97. The molecule has 1 saturated heterocycles. The highest BCUT2D eigenvalue weighted by atomic mass is 16.2. The molecule has 2 N–H and O–H groups in total. The van der Waals surface area contributed by atoms with Crippen molar-refractivity contribution in [3.05, 3.63) is 36.9 Å². The molecule has 1 fully saturated rings. The summed E-state index contributed by atoms with van der Waals surface area (Å²) >= 11 is 0. The predicted molar refractivity (Wildman–Crippen MR) is 84.3 cm³/mol. The number of urea groups is 1. The van der Waals surface area contributed by atoms with E-state index in [9.17, 15) is 4.79 Å². The normalized spacial score (nSPS) is 15.8. The molecule has 1 heterocycles. The maximum Gasteiger partial charge on any atom is 0.319 e. The van der Waals surface area contributed by atoms with Gasteiger partial charge in [-0.1, -0.05) is 13.0 Å². The van der Waals surface area contributed by atoms with Gasteiger partial charge in [0, 0.05) is 31.0 Å². The second-order valence-electron chi connectivity index (χ2n) is 5.34. The SMILES string of the molecule is C=CCNC(=O)Nc1ccc(N2CCC(C)CC2)cc1. The number of hydrogen-bond acceptors (Lipinski definition) is 2. The van der Waals surface area contributed by atoms with E-state index in [4.69, 9.17) is 0 Å². The Morgan fingerprint density at radius 2 is 2.00 bits per heavy atom. The Bertz CT molecular complexity index is 447. The summed E-state index contributed by atoms with van der Waals surface area (Å²) in [7, 11) is 0. The molecular weight excluding hydrogens is 250 g/mol. The molecule has 1 aliphatic heterocycles. The fourth-order valence-electron chi connectivity index (χ4n) is 2.36. The first-order valence-corrected chi connectivity index (χ1v) is 7.20. The standard InChI is InChI=1S/C16H23N3O/c1-3-10-17-16(20)18-14-4-6-15(7-5-14)19-11-8-13(2)9-12-19/h3-7,13H,1,8-12H2,2H3,(H2,17,18,20). The van der Waals surface area contributed by atoms with Crippen LogP contribution in [0.3, 0.4) is 0 Å². The van der Waals surface area contributed by atoms with Gasteiger partial charge in [0.1, 0.15) is 0 Å². The molecule has 0 unspecified atom stereocenters. The van der Waals surface area contributed by atoms with Crippen LogP contribution in [0.4, 0.5) is 16.2 Å². The Morgan fingerprint density at radius 3 is 2.60 bits per heavy atom. The third-order valence-electron chi connectivity index (χ3n) is 3.68. The van der Waals surface area contributed by atoms with Crippen molar-refractivity contribution in [2.45, 2.75) is 19.8 Å². The molecule has 2 rings (SSSR count). The number of carbonyl (C=O) groups excluding carboxylic acids is 1. The van der Waals surface area contributed by atoms with E-state index >= 15 is 0 Å². The smallest absolute Gasteiger partial charge is 0.319 e. The third kappa shape index (κ3) is 4.02. The quantitative estimate of drug-likeness (QED) is 0.827. The van der Waals surface area contributed by atoms with Crippen molar-refractivity contribution in [3.63, 3.8) is 0 Å². The van der Waals surface area contributed by atoms with Crippen LogP contribution >= 0.6 is 0 Å². The van der Waals surface area contributed by atoms with E-state index < -0.39 is 0 Å². The number of piperidine rings is 1. The summed E-state index contributed by atoms with van der Waals surface area (Å²) in [5.74, 6) is 0.834. The van der Waals surface area contributed by atoms with Crippen molar-refractivity contribution in [2.24, 2.45) is 5.92 Å². The van der Waals surface area contributed by atoms with Gasteiger partial charge >= 0.3 is 6.03 Å². The molecule has 0 spiro atoms. The zero-order chi connectivity index (χ0) is 14.4. The second kappa shape index (κ2) is 6.98. The molecule has 2 amide bonds. The van der Waals surface area contributed by atoms with Gasteiger partial charge in [0.25, 0.3) is 0 Å². The number of nitrogens with zero attached hydrogens (tertiary/aromatic N) is 1. The summed E-state index contributed by atoms with van der Waals surface area (Å²) in [6, 6.07) is 7.82. The van der Waals surface area contributed by atoms with Gasteiger partial charge in [0.05, 0.1) is 0 Å². The summed E-state index contributed by atoms with van der Waals surface area (Å²) in [6.07, 6.45) is 4.16. The summed E-state index contributed by atoms with van der Waals surface area (Å²) < 4.78 is 0. The van der Waals surface area contributed by atoms with Crippen molar-refractivity contribution in [1.29, 1.82) is 0 Å². The molecule has 4 heteroatoms. The monoisotopic (exact) mass is 273 g/mol. The van der Waals surface area contributed by atoms with Crippen LogP contribution in [0.2, 0.25) is 0 Å². The first kappa shape index (κ1) is 14.4. The molecule has 0 aromatic heterocycles. The summed E-state index contributed by atoms with van der Waals surface area (Å²) in [5.41, 5.74) is 2.04. The Kier molecular flexibility index (Phi) is 5.04. The van der Waals surface area contributed by atoms with E-state index in [1.807, 2.05) is 12.1 Å². The number of carbonyl (C=O) groups is 1. The van der Waals surface area contributed by atoms with Gasteiger partial charge < -0.3 is 15.5 Å². The van der Waals surface area contributed by atoms with Gasteiger partial charge in [0.2, 0.25) is 0 Å². The lowest BCUT2D eigenvalue weighted by molar-refractivity contribution is 0.253. The Morgan fingerprint density at radius 1 is 1.35 bits per heavy atom. The third-order valence-corrected chi connectivity index (χ3v) is 3.68. The van der Waals surface area contributed by atoms with Crippen LogP contribution < -0.4 is 15.5 Å². The maximum absolute atomic E-state index is 11.5. The molecule has 0 radical (unpaired) electrons. The van der Waals surface area contributed by atoms with Gasteiger partial charge in [-0.2, -0.15) is 0 Å². The molecule has 0 atom stereocenters. The Balaban J connectivity index is 1.89. The highest BCUT2D eigenvalue weighted by Gasteiger charge is 2.15.